The molecular formula is C16H15ClF3N3O4. The van der Waals surface area contributed by atoms with E-state index >= 15 is 0 Å². The highest BCUT2D eigenvalue weighted by Crippen LogP contribution is 2.29. The van der Waals surface area contributed by atoms with Crippen LogP contribution in [0.15, 0.2) is 27.8 Å². The third-order valence-electron chi connectivity index (χ3n) is 3.81. The number of carbonyl (C=O) groups is 1. The van der Waals surface area contributed by atoms with Gasteiger partial charge in [-0.2, -0.15) is 18.7 Å². The molecule has 2 rings (SSSR count). The average Bonchev–Trinajstić information content (AvgIpc) is 2.56. The molecule has 27 heavy (non-hydrogen) atoms. The van der Waals surface area contributed by atoms with Gasteiger partial charge in [-0.05, 0) is 37.6 Å². The molecule has 0 radical (unpaired) electrons. The summed E-state index contributed by atoms with van der Waals surface area (Å²) in [7, 11) is 1.28. The molecule has 0 spiro atoms. The molecule has 1 unspecified atom stereocenters. The lowest BCUT2D eigenvalue weighted by atomic mass is 10.0. The molecule has 11 heteroatoms. The van der Waals surface area contributed by atoms with Gasteiger partial charge in [0.05, 0.1) is 12.8 Å². The van der Waals surface area contributed by atoms with Gasteiger partial charge in [0.15, 0.2) is 5.78 Å². The zero-order chi connectivity index (χ0) is 20.5. The molecule has 1 heterocycles. The summed E-state index contributed by atoms with van der Waals surface area (Å²) in [4.78, 5) is 42.8. The Balaban J connectivity index is 2.72. The maximum absolute atomic E-state index is 12.9. The van der Waals surface area contributed by atoms with Crippen LogP contribution in [0.4, 0.5) is 13.2 Å². The molecule has 0 saturated heterocycles. The number of alkyl halides is 3. The minimum absolute atomic E-state index is 0.0540. The van der Waals surface area contributed by atoms with Crippen molar-refractivity contribution in [3.05, 3.63) is 60.9 Å². The third kappa shape index (κ3) is 4.12. The first-order valence-corrected chi connectivity index (χ1v) is 7.88. The zero-order valence-corrected chi connectivity index (χ0v) is 15.2. The second-order valence-electron chi connectivity index (χ2n) is 5.64. The number of aromatic amines is 1. The molecule has 0 saturated carbocycles. The molecular weight excluding hydrogens is 391 g/mol. The number of nitrogens with one attached hydrogen (secondary N) is 2. The number of hydrogen-bond donors (Lipinski definition) is 2. The first kappa shape index (κ1) is 20.9. The molecule has 1 atom stereocenters. The number of benzene rings is 1. The van der Waals surface area contributed by atoms with Crippen molar-refractivity contribution in [2.75, 3.05) is 7.11 Å². The van der Waals surface area contributed by atoms with E-state index in [2.05, 4.69) is 5.48 Å². The summed E-state index contributed by atoms with van der Waals surface area (Å²) in [6.45, 7) is 2.22. The molecule has 0 amide bonds. The van der Waals surface area contributed by atoms with Crippen LogP contribution in [0.1, 0.15) is 29.8 Å². The van der Waals surface area contributed by atoms with Gasteiger partial charge in [0.25, 0.3) is 5.56 Å². The number of hydrogen-bond acceptors (Lipinski definition) is 5. The Bertz CT molecular complexity index is 998. The monoisotopic (exact) mass is 405 g/mol. The summed E-state index contributed by atoms with van der Waals surface area (Å²) in [6.07, 6.45) is -4.88. The number of H-pyrrole nitrogens is 1. The molecule has 1 aromatic heterocycles. The Hall–Kier alpha value is -2.43. The Kier molecular flexibility index (Phi) is 5.93. The van der Waals surface area contributed by atoms with Crippen LogP contribution in [-0.4, -0.2) is 22.4 Å². The standard InChI is InChI=1S/C16H15ClF3N3O4/c1-7-13(16(18,19)20)21-15(26)23(14(7)25)9-4-5-11(17)10(6-9)12(8(2)24)22-27-3/h4-6,12,22H,1-3H3,(H,21,26). The van der Waals surface area contributed by atoms with Crippen LogP contribution in [0, 0.1) is 6.92 Å². The lowest BCUT2D eigenvalue weighted by molar-refractivity contribution is -0.142. The third-order valence-corrected chi connectivity index (χ3v) is 4.15. The molecule has 0 aliphatic heterocycles. The van der Waals surface area contributed by atoms with Gasteiger partial charge >= 0.3 is 11.9 Å². The number of halogens is 4. The van der Waals surface area contributed by atoms with Crippen molar-refractivity contribution < 1.29 is 22.8 Å². The first-order valence-electron chi connectivity index (χ1n) is 7.51. The van der Waals surface area contributed by atoms with E-state index in [9.17, 15) is 27.6 Å². The minimum Gasteiger partial charge on any atom is -0.304 e. The smallest absolute Gasteiger partial charge is 0.304 e. The molecule has 0 fully saturated rings. The Labute approximate surface area is 155 Å². The van der Waals surface area contributed by atoms with Crippen molar-refractivity contribution in [3.63, 3.8) is 0 Å². The molecule has 2 N–H and O–H groups in total. The van der Waals surface area contributed by atoms with Crippen LogP contribution in [0.5, 0.6) is 0 Å². The fourth-order valence-electron chi connectivity index (χ4n) is 2.52. The van der Waals surface area contributed by atoms with Crippen LogP contribution in [0.3, 0.4) is 0 Å². The second kappa shape index (κ2) is 7.67. The predicted molar refractivity (Wildman–Crippen MR) is 91.0 cm³/mol. The van der Waals surface area contributed by atoms with Crippen molar-refractivity contribution >= 4 is 17.4 Å². The van der Waals surface area contributed by atoms with E-state index < -0.39 is 34.7 Å². The Morgan fingerprint density at radius 1 is 1.33 bits per heavy atom. The van der Waals surface area contributed by atoms with E-state index in [1.807, 2.05) is 0 Å². The number of rotatable bonds is 5. The lowest BCUT2D eigenvalue weighted by Gasteiger charge is -2.18. The zero-order valence-electron chi connectivity index (χ0n) is 14.4. The number of hydroxylamine groups is 1. The number of carbonyl (C=O) groups excluding carboxylic acids is 1. The summed E-state index contributed by atoms with van der Waals surface area (Å²) in [5.74, 6) is -0.374. The van der Waals surface area contributed by atoms with Crippen molar-refractivity contribution in [3.8, 4) is 5.69 Å². The Morgan fingerprint density at radius 2 is 1.96 bits per heavy atom. The molecule has 2 aromatic rings. The van der Waals surface area contributed by atoms with Crippen molar-refractivity contribution in [2.24, 2.45) is 0 Å². The fourth-order valence-corrected chi connectivity index (χ4v) is 2.74. The maximum Gasteiger partial charge on any atom is 0.431 e. The summed E-state index contributed by atoms with van der Waals surface area (Å²) in [5.41, 5.74) is -1.93. The van der Waals surface area contributed by atoms with Gasteiger partial charge < -0.3 is 9.82 Å². The Morgan fingerprint density at radius 3 is 2.48 bits per heavy atom. The van der Waals surface area contributed by atoms with Crippen molar-refractivity contribution in [2.45, 2.75) is 26.1 Å². The lowest BCUT2D eigenvalue weighted by Crippen LogP contribution is -2.38. The average molecular weight is 406 g/mol. The maximum atomic E-state index is 12.9. The minimum atomic E-state index is -4.88. The largest absolute Gasteiger partial charge is 0.431 e. The van der Waals surface area contributed by atoms with E-state index in [0.717, 1.165) is 6.92 Å². The number of aromatic nitrogens is 2. The van der Waals surface area contributed by atoms with Crippen LogP contribution in [0.25, 0.3) is 5.69 Å². The van der Waals surface area contributed by atoms with E-state index in [1.54, 1.807) is 4.98 Å². The summed E-state index contributed by atoms with van der Waals surface area (Å²) in [6, 6.07) is 2.84. The van der Waals surface area contributed by atoms with Gasteiger partial charge in [-0.15, -0.1) is 0 Å². The van der Waals surface area contributed by atoms with Gasteiger partial charge in [0, 0.05) is 10.6 Å². The topological polar surface area (TPSA) is 93.2 Å². The second-order valence-corrected chi connectivity index (χ2v) is 6.05. The van der Waals surface area contributed by atoms with Crippen LogP contribution in [-0.2, 0) is 15.8 Å². The highest BCUT2D eigenvalue weighted by Gasteiger charge is 2.35. The van der Waals surface area contributed by atoms with Crippen LogP contribution in [0.2, 0.25) is 5.02 Å². The van der Waals surface area contributed by atoms with Gasteiger partial charge in [0.1, 0.15) is 11.7 Å². The fraction of sp³-hybridized carbons (Fsp3) is 0.312. The van der Waals surface area contributed by atoms with Crippen LogP contribution < -0.4 is 16.7 Å². The van der Waals surface area contributed by atoms with E-state index in [-0.39, 0.29) is 22.1 Å². The van der Waals surface area contributed by atoms with E-state index in [0.29, 0.717) is 4.57 Å². The van der Waals surface area contributed by atoms with Crippen LogP contribution >= 0.6 is 11.6 Å². The molecule has 0 aliphatic rings. The normalized spacial score (nSPS) is 12.9. The van der Waals surface area contributed by atoms with Crippen molar-refractivity contribution in [1.82, 2.24) is 15.0 Å². The summed E-state index contributed by atoms with van der Waals surface area (Å²) in [5, 5.41) is 0.136. The number of Topliss-reactive ketones (excluding diaryl/α,β-unsaturated/α-hetero) is 1. The van der Waals surface area contributed by atoms with Gasteiger partial charge in [-0.1, -0.05) is 11.6 Å². The summed E-state index contributed by atoms with van der Waals surface area (Å²) < 4.78 is 39.4. The molecule has 1 aromatic carbocycles. The first-order chi connectivity index (χ1) is 12.5. The SMILES string of the molecule is CONC(C(C)=O)c1cc(-n2c(=O)[nH]c(C(F)(F)F)c(C)c2=O)ccc1Cl. The van der Waals surface area contributed by atoms with Gasteiger partial charge in [-0.3, -0.25) is 9.59 Å². The summed E-state index contributed by atoms with van der Waals surface area (Å²) >= 11 is 6.08. The molecule has 0 bridgehead atoms. The molecule has 7 nitrogen and oxygen atoms in total. The van der Waals surface area contributed by atoms with Gasteiger partial charge in [0.2, 0.25) is 0 Å². The van der Waals surface area contributed by atoms with E-state index in [1.165, 1.54) is 32.2 Å². The highest BCUT2D eigenvalue weighted by atomic mass is 35.5. The predicted octanol–water partition coefficient (Wildman–Crippen LogP) is 2.29. The quantitative estimate of drug-likeness (QED) is 0.744. The van der Waals surface area contributed by atoms with Crippen molar-refractivity contribution in [1.29, 1.82) is 0 Å². The number of ketones is 1. The number of nitrogens with zero attached hydrogens (tertiary/aromatic N) is 1. The highest BCUT2D eigenvalue weighted by molar-refractivity contribution is 6.31. The van der Waals surface area contributed by atoms with E-state index in [4.69, 9.17) is 16.4 Å². The molecule has 146 valence electrons. The molecule has 0 aliphatic carbocycles. The van der Waals surface area contributed by atoms with Gasteiger partial charge in [-0.25, -0.2) is 9.36 Å².